The van der Waals surface area contributed by atoms with Crippen LogP contribution in [-0.4, -0.2) is 14.2 Å². The molecule has 0 saturated carbocycles. The molecular weight excluding hydrogens is 349 g/mol. The lowest BCUT2D eigenvalue weighted by Gasteiger charge is -2.18. The normalized spacial score (nSPS) is 12.2. The first kappa shape index (κ1) is 14.3. The van der Waals surface area contributed by atoms with Gasteiger partial charge in [-0.25, -0.2) is 0 Å². The van der Waals surface area contributed by atoms with Crippen molar-refractivity contribution in [2.45, 2.75) is 12.5 Å². The average molecular weight is 367 g/mol. The minimum atomic E-state index is 0.297. The summed E-state index contributed by atoms with van der Waals surface area (Å²) in [5.74, 6) is 0.952. The summed E-state index contributed by atoms with van der Waals surface area (Å²) >= 11 is 2.35. The molecule has 0 aromatic heterocycles. The van der Waals surface area contributed by atoms with Crippen molar-refractivity contribution in [3.8, 4) is 5.75 Å². The lowest BCUT2D eigenvalue weighted by Crippen LogP contribution is -2.19. The Bertz CT molecular complexity index is 542. The van der Waals surface area contributed by atoms with Gasteiger partial charge in [0.1, 0.15) is 5.75 Å². The van der Waals surface area contributed by atoms with Crippen LogP contribution < -0.4 is 10.1 Å². The number of hydrogen-bond acceptors (Lipinski definition) is 2. The van der Waals surface area contributed by atoms with Gasteiger partial charge in [-0.05, 0) is 65.4 Å². The van der Waals surface area contributed by atoms with E-state index in [1.807, 2.05) is 19.2 Å². The van der Waals surface area contributed by atoms with Crippen molar-refractivity contribution in [2.24, 2.45) is 0 Å². The summed E-state index contributed by atoms with van der Waals surface area (Å²) in [6, 6.07) is 17.1. The van der Waals surface area contributed by atoms with E-state index in [-0.39, 0.29) is 0 Å². The maximum Gasteiger partial charge on any atom is 0.122 e. The van der Waals surface area contributed by atoms with Gasteiger partial charge in [0, 0.05) is 9.61 Å². The Kier molecular flexibility index (Phi) is 5.22. The third kappa shape index (κ3) is 3.70. The highest BCUT2D eigenvalue weighted by Gasteiger charge is 2.12. The van der Waals surface area contributed by atoms with Gasteiger partial charge >= 0.3 is 0 Å². The number of methoxy groups -OCH3 is 1. The molecule has 2 nitrogen and oxygen atoms in total. The van der Waals surface area contributed by atoms with Crippen LogP contribution in [0.1, 0.15) is 17.2 Å². The molecule has 1 N–H and O–H groups in total. The number of para-hydroxylation sites is 1. The molecule has 0 bridgehead atoms. The van der Waals surface area contributed by atoms with Crippen LogP contribution in [0.4, 0.5) is 0 Å². The third-order valence-electron chi connectivity index (χ3n) is 3.22. The molecule has 1 unspecified atom stereocenters. The number of likely N-dealkylation sites (N-methyl/N-ethyl adjacent to an activating group) is 1. The highest BCUT2D eigenvalue weighted by molar-refractivity contribution is 14.1. The van der Waals surface area contributed by atoms with Gasteiger partial charge in [0.25, 0.3) is 0 Å². The van der Waals surface area contributed by atoms with E-state index in [2.05, 4.69) is 64.3 Å². The third-order valence-corrected chi connectivity index (χ3v) is 3.89. The van der Waals surface area contributed by atoms with Gasteiger partial charge in [0.05, 0.1) is 7.11 Å². The van der Waals surface area contributed by atoms with Crippen molar-refractivity contribution in [3.63, 3.8) is 0 Å². The van der Waals surface area contributed by atoms with Gasteiger partial charge in [-0.1, -0.05) is 30.3 Å². The Hall–Kier alpha value is -1.07. The van der Waals surface area contributed by atoms with Crippen LogP contribution in [0.2, 0.25) is 0 Å². The average Bonchev–Trinajstić information content (AvgIpc) is 2.45. The molecule has 0 aliphatic rings. The van der Waals surface area contributed by atoms with Gasteiger partial charge < -0.3 is 10.1 Å². The largest absolute Gasteiger partial charge is 0.496 e. The second-order valence-corrected chi connectivity index (χ2v) is 5.66. The molecule has 0 heterocycles. The number of halogens is 1. The van der Waals surface area contributed by atoms with Gasteiger partial charge in [0.15, 0.2) is 0 Å². The van der Waals surface area contributed by atoms with Gasteiger partial charge in [-0.15, -0.1) is 0 Å². The van der Waals surface area contributed by atoms with Crippen molar-refractivity contribution in [3.05, 3.63) is 63.2 Å². The molecule has 0 saturated heterocycles. The zero-order valence-electron chi connectivity index (χ0n) is 11.2. The molecule has 2 aromatic rings. The number of hydrogen-bond donors (Lipinski definition) is 1. The highest BCUT2D eigenvalue weighted by Crippen LogP contribution is 2.25. The Labute approximate surface area is 128 Å². The summed E-state index contributed by atoms with van der Waals surface area (Å²) in [7, 11) is 3.72. The number of rotatable bonds is 5. The molecule has 1 atom stereocenters. The summed E-state index contributed by atoms with van der Waals surface area (Å²) in [4.78, 5) is 0. The van der Waals surface area contributed by atoms with Gasteiger partial charge in [-0.3, -0.25) is 0 Å². The minimum absolute atomic E-state index is 0.297. The number of nitrogens with one attached hydrogen (secondary N) is 1. The first-order valence-electron chi connectivity index (χ1n) is 6.29. The predicted octanol–water partition coefficient (Wildman–Crippen LogP) is 3.80. The molecule has 0 amide bonds. The molecule has 3 heteroatoms. The van der Waals surface area contributed by atoms with Crippen LogP contribution in [-0.2, 0) is 6.42 Å². The lowest BCUT2D eigenvalue weighted by atomic mass is 9.98. The second kappa shape index (κ2) is 6.91. The van der Waals surface area contributed by atoms with Crippen LogP contribution in [0.3, 0.4) is 0 Å². The maximum absolute atomic E-state index is 5.42. The predicted molar refractivity (Wildman–Crippen MR) is 87.7 cm³/mol. The SMILES string of the molecule is CNC(Cc1ccccc1OC)c1cccc(I)c1. The first-order chi connectivity index (χ1) is 9.24. The minimum Gasteiger partial charge on any atom is -0.496 e. The Morgan fingerprint density at radius 1 is 1.16 bits per heavy atom. The van der Waals surface area contributed by atoms with Crippen LogP contribution in [0.5, 0.6) is 5.75 Å². The summed E-state index contributed by atoms with van der Waals surface area (Å²) in [6.45, 7) is 0. The highest BCUT2D eigenvalue weighted by atomic mass is 127. The summed E-state index contributed by atoms with van der Waals surface area (Å²) in [5.41, 5.74) is 2.53. The van der Waals surface area contributed by atoms with E-state index in [1.54, 1.807) is 7.11 Å². The fraction of sp³-hybridized carbons (Fsp3) is 0.250. The van der Waals surface area contributed by atoms with Crippen LogP contribution in [0.25, 0.3) is 0 Å². The van der Waals surface area contributed by atoms with E-state index in [1.165, 1.54) is 14.7 Å². The standard InChI is InChI=1S/C16H18INO/c1-18-15(12-7-5-8-14(17)10-12)11-13-6-3-4-9-16(13)19-2/h3-10,15,18H,11H2,1-2H3. The molecule has 0 fully saturated rings. The molecule has 0 aliphatic carbocycles. The molecule has 0 aliphatic heterocycles. The Morgan fingerprint density at radius 3 is 2.63 bits per heavy atom. The maximum atomic E-state index is 5.42. The van der Waals surface area contributed by atoms with Gasteiger partial charge in [0.2, 0.25) is 0 Å². The zero-order chi connectivity index (χ0) is 13.7. The van der Waals surface area contributed by atoms with Crippen molar-refractivity contribution >= 4 is 22.6 Å². The summed E-state index contributed by atoms with van der Waals surface area (Å²) < 4.78 is 6.68. The topological polar surface area (TPSA) is 21.3 Å². The Balaban J connectivity index is 2.24. The van der Waals surface area contributed by atoms with Gasteiger partial charge in [-0.2, -0.15) is 0 Å². The zero-order valence-corrected chi connectivity index (χ0v) is 13.3. The van der Waals surface area contributed by atoms with E-state index in [0.29, 0.717) is 6.04 Å². The second-order valence-electron chi connectivity index (χ2n) is 4.41. The summed E-state index contributed by atoms with van der Waals surface area (Å²) in [6.07, 6.45) is 0.917. The van der Waals surface area contributed by atoms with E-state index in [0.717, 1.165) is 12.2 Å². The van der Waals surface area contributed by atoms with Crippen molar-refractivity contribution in [1.82, 2.24) is 5.32 Å². The number of benzene rings is 2. The Morgan fingerprint density at radius 2 is 1.95 bits per heavy atom. The molecule has 2 aromatic carbocycles. The monoisotopic (exact) mass is 367 g/mol. The summed E-state index contributed by atoms with van der Waals surface area (Å²) in [5, 5.41) is 3.39. The van der Waals surface area contributed by atoms with Crippen molar-refractivity contribution < 1.29 is 4.74 Å². The van der Waals surface area contributed by atoms with Crippen LogP contribution in [0.15, 0.2) is 48.5 Å². The van der Waals surface area contributed by atoms with E-state index < -0.39 is 0 Å². The van der Waals surface area contributed by atoms with E-state index in [4.69, 9.17) is 4.74 Å². The molecule has 0 radical (unpaired) electrons. The van der Waals surface area contributed by atoms with Crippen molar-refractivity contribution in [1.29, 1.82) is 0 Å². The van der Waals surface area contributed by atoms with Crippen LogP contribution in [0, 0.1) is 3.57 Å². The van der Waals surface area contributed by atoms with Crippen LogP contribution >= 0.6 is 22.6 Å². The lowest BCUT2D eigenvalue weighted by molar-refractivity contribution is 0.406. The fourth-order valence-corrected chi connectivity index (χ4v) is 2.77. The number of ether oxygens (including phenoxy) is 1. The first-order valence-corrected chi connectivity index (χ1v) is 7.37. The quantitative estimate of drug-likeness (QED) is 0.812. The van der Waals surface area contributed by atoms with E-state index >= 15 is 0 Å². The molecular formula is C16H18INO. The molecule has 0 spiro atoms. The van der Waals surface area contributed by atoms with Crippen molar-refractivity contribution in [2.75, 3.05) is 14.2 Å². The molecule has 2 rings (SSSR count). The smallest absolute Gasteiger partial charge is 0.122 e. The van der Waals surface area contributed by atoms with E-state index in [9.17, 15) is 0 Å². The molecule has 100 valence electrons. The fourth-order valence-electron chi connectivity index (χ4n) is 2.20. The molecule has 19 heavy (non-hydrogen) atoms.